The van der Waals surface area contributed by atoms with Crippen molar-refractivity contribution in [3.63, 3.8) is 0 Å². The van der Waals surface area contributed by atoms with Crippen molar-refractivity contribution in [3.8, 4) is 11.1 Å². The number of hydrogen-bond donors (Lipinski definition) is 2. The molecule has 0 radical (unpaired) electrons. The fourth-order valence-electron chi connectivity index (χ4n) is 5.06. The van der Waals surface area contributed by atoms with Crippen LogP contribution in [0.25, 0.3) is 11.1 Å². The van der Waals surface area contributed by atoms with Crippen LogP contribution in [0.2, 0.25) is 0 Å². The quantitative estimate of drug-likeness (QED) is 0.692. The summed E-state index contributed by atoms with van der Waals surface area (Å²) in [4.78, 5) is 26.8. The van der Waals surface area contributed by atoms with Crippen molar-refractivity contribution in [1.29, 1.82) is 0 Å². The van der Waals surface area contributed by atoms with Gasteiger partial charge in [0.05, 0.1) is 11.7 Å². The van der Waals surface area contributed by atoms with Crippen LogP contribution in [0.15, 0.2) is 48.5 Å². The van der Waals surface area contributed by atoms with E-state index in [9.17, 15) is 14.7 Å². The number of rotatable bonds is 7. The minimum absolute atomic E-state index is 0.1000. The van der Waals surface area contributed by atoms with Crippen LogP contribution in [0.3, 0.4) is 0 Å². The summed E-state index contributed by atoms with van der Waals surface area (Å²) in [6.45, 7) is 2.91. The van der Waals surface area contributed by atoms with Gasteiger partial charge in [-0.25, -0.2) is 4.79 Å². The summed E-state index contributed by atoms with van der Waals surface area (Å²) in [6, 6.07) is 15.2. The van der Waals surface area contributed by atoms with Crippen LogP contribution < -0.4 is 5.32 Å². The lowest BCUT2D eigenvalue weighted by molar-refractivity contribution is -0.126. The van der Waals surface area contributed by atoms with Gasteiger partial charge in [0.25, 0.3) is 0 Å². The highest BCUT2D eigenvalue weighted by molar-refractivity contribution is 5.96. The van der Waals surface area contributed by atoms with Crippen molar-refractivity contribution in [2.24, 2.45) is 0 Å². The zero-order valence-electron chi connectivity index (χ0n) is 17.6. The van der Waals surface area contributed by atoms with Crippen molar-refractivity contribution in [2.75, 3.05) is 0 Å². The van der Waals surface area contributed by atoms with Gasteiger partial charge in [-0.05, 0) is 42.0 Å². The van der Waals surface area contributed by atoms with Gasteiger partial charge in [-0.2, -0.15) is 0 Å². The maximum atomic E-state index is 12.9. The predicted octanol–water partition coefficient (Wildman–Crippen LogP) is 4.81. The number of benzene rings is 2. The normalized spacial score (nSPS) is 20.6. The second kappa shape index (κ2) is 8.60. The molecule has 1 saturated carbocycles. The van der Waals surface area contributed by atoms with Crippen molar-refractivity contribution in [3.05, 3.63) is 59.7 Å². The third kappa shape index (κ3) is 3.74. The standard InChI is InChI=1S/C25H30N2O3/c1-2-3-10-22-26-24(30)25(15-6-7-16-25)27(22)17-18-11-13-19(14-12-18)20-8-4-5-9-21(20)23(28)29/h4-5,8-9,11-14,22H,2-3,6-7,10,15-17H2,1H3,(H,26,30)(H,28,29). The molecule has 1 spiro atoms. The fourth-order valence-corrected chi connectivity index (χ4v) is 5.06. The van der Waals surface area contributed by atoms with Crippen molar-refractivity contribution in [1.82, 2.24) is 10.2 Å². The maximum Gasteiger partial charge on any atom is 0.336 e. The number of unbranched alkanes of at least 4 members (excludes halogenated alkanes) is 1. The Bertz CT molecular complexity index is 916. The van der Waals surface area contributed by atoms with Gasteiger partial charge in [0.15, 0.2) is 0 Å². The van der Waals surface area contributed by atoms with Crippen LogP contribution in [0.4, 0.5) is 0 Å². The minimum atomic E-state index is -0.918. The van der Waals surface area contributed by atoms with Gasteiger partial charge in [-0.1, -0.05) is 75.1 Å². The van der Waals surface area contributed by atoms with Crippen LogP contribution in [0, 0.1) is 0 Å². The average molecular weight is 407 g/mol. The lowest BCUT2D eigenvalue weighted by Gasteiger charge is -2.35. The third-order valence-corrected chi connectivity index (χ3v) is 6.68. The summed E-state index contributed by atoms with van der Waals surface area (Å²) in [5.74, 6) is -0.716. The summed E-state index contributed by atoms with van der Waals surface area (Å²) in [6.07, 6.45) is 7.38. The Balaban J connectivity index is 1.58. The van der Waals surface area contributed by atoms with E-state index < -0.39 is 5.97 Å². The van der Waals surface area contributed by atoms with E-state index in [2.05, 4.69) is 29.3 Å². The number of hydrogen-bond acceptors (Lipinski definition) is 3. The van der Waals surface area contributed by atoms with E-state index in [4.69, 9.17) is 0 Å². The largest absolute Gasteiger partial charge is 0.478 e. The van der Waals surface area contributed by atoms with E-state index >= 15 is 0 Å². The summed E-state index contributed by atoms with van der Waals surface area (Å²) >= 11 is 0. The first kappa shape index (κ1) is 20.6. The number of carboxylic acids is 1. The van der Waals surface area contributed by atoms with Crippen molar-refractivity contribution >= 4 is 11.9 Å². The maximum absolute atomic E-state index is 12.9. The van der Waals surface area contributed by atoms with Gasteiger partial charge in [0.2, 0.25) is 5.91 Å². The first-order valence-corrected chi connectivity index (χ1v) is 11.0. The summed E-state index contributed by atoms with van der Waals surface area (Å²) in [5.41, 5.74) is 2.72. The minimum Gasteiger partial charge on any atom is -0.478 e. The molecule has 1 amide bonds. The molecular formula is C25H30N2O3. The second-order valence-corrected chi connectivity index (χ2v) is 8.55. The van der Waals surface area contributed by atoms with E-state index in [1.165, 1.54) is 0 Å². The SMILES string of the molecule is CCCCC1NC(=O)C2(CCCC2)N1Cc1ccc(-c2ccccc2C(=O)O)cc1. The van der Waals surface area contributed by atoms with Gasteiger partial charge < -0.3 is 10.4 Å². The van der Waals surface area contributed by atoms with Gasteiger partial charge in [-0.3, -0.25) is 9.69 Å². The first-order valence-electron chi connectivity index (χ1n) is 11.0. The third-order valence-electron chi connectivity index (χ3n) is 6.68. The predicted molar refractivity (Wildman–Crippen MR) is 117 cm³/mol. The number of carboxylic acid groups (broad SMARTS) is 1. The lowest BCUT2D eigenvalue weighted by Crippen LogP contribution is -2.48. The topological polar surface area (TPSA) is 69.6 Å². The molecule has 2 fully saturated rings. The molecule has 0 bridgehead atoms. The average Bonchev–Trinajstić information content (AvgIpc) is 3.35. The van der Waals surface area contributed by atoms with E-state index in [1.54, 1.807) is 12.1 Å². The first-order chi connectivity index (χ1) is 14.5. The highest BCUT2D eigenvalue weighted by Gasteiger charge is 2.53. The molecule has 1 saturated heterocycles. The molecule has 2 N–H and O–H groups in total. The molecule has 0 aromatic heterocycles. The van der Waals surface area contributed by atoms with Crippen LogP contribution >= 0.6 is 0 Å². The molecule has 1 aliphatic carbocycles. The Hall–Kier alpha value is -2.66. The van der Waals surface area contributed by atoms with Gasteiger partial charge in [-0.15, -0.1) is 0 Å². The van der Waals surface area contributed by atoms with E-state index in [1.807, 2.05) is 24.3 Å². The van der Waals surface area contributed by atoms with Crippen LogP contribution in [-0.2, 0) is 11.3 Å². The molecule has 2 aromatic rings. The number of aromatic carboxylic acids is 1. The molecule has 1 heterocycles. The van der Waals surface area contributed by atoms with E-state index in [-0.39, 0.29) is 17.6 Å². The van der Waals surface area contributed by atoms with Crippen LogP contribution in [0.1, 0.15) is 67.8 Å². The number of nitrogens with one attached hydrogen (secondary N) is 1. The van der Waals surface area contributed by atoms with Crippen molar-refractivity contribution in [2.45, 2.75) is 70.1 Å². The van der Waals surface area contributed by atoms with Crippen LogP contribution in [-0.4, -0.2) is 33.6 Å². The Kier molecular flexibility index (Phi) is 5.91. The highest BCUT2D eigenvalue weighted by atomic mass is 16.4. The number of amides is 1. The lowest BCUT2D eigenvalue weighted by atomic mass is 9.94. The summed E-state index contributed by atoms with van der Waals surface area (Å²) in [7, 11) is 0. The smallest absolute Gasteiger partial charge is 0.336 e. The van der Waals surface area contributed by atoms with Gasteiger partial charge in [0.1, 0.15) is 5.54 Å². The highest BCUT2D eigenvalue weighted by Crippen LogP contribution is 2.41. The van der Waals surface area contributed by atoms with Gasteiger partial charge in [0, 0.05) is 6.54 Å². The Morgan fingerprint density at radius 2 is 1.83 bits per heavy atom. The number of carbonyl (C=O) groups is 2. The summed E-state index contributed by atoms with van der Waals surface area (Å²) < 4.78 is 0. The number of carbonyl (C=O) groups excluding carboxylic acids is 1. The van der Waals surface area contributed by atoms with E-state index in [0.717, 1.165) is 68.2 Å². The van der Waals surface area contributed by atoms with Crippen molar-refractivity contribution < 1.29 is 14.7 Å². The molecule has 2 aromatic carbocycles. The Morgan fingerprint density at radius 3 is 2.50 bits per heavy atom. The molecule has 1 atom stereocenters. The van der Waals surface area contributed by atoms with E-state index in [0.29, 0.717) is 5.56 Å². The Labute approximate surface area is 178 Å². The molecule has 5 heteroatoms. The monoisotopic (exact) mass is 406 g/mol. The second-order valence-electron chi connectivity index (χ2n) is 8.55. The zero-order chi connectivity index (χ0) is 21.1. The zero-order valence-corrected chi connectivity index (χ0v) is 17.6. The molecule has 2 aliphatic rings. The molecule has 5 nitrogen and oxygen atoms in total. The Morgan fingerprint density at radius 1 is 1.13 bits per heavy atom. The number of nitrogens with zero attached hydrogens (tertiary/aromatic N) is 1. The molecule has 1 unspecified atom stereocenters. The van der Waals surface area contributed by atoms with Gasteiger partial charge >= 0.3 is 5.97 Å². The fraction of sp³-hybridized carbons (Fsp3) is 0.440. The molecule has 30 heavy (non-hydrogen) atoms. The molecule has 1 aliphatic heterocycles. The molecule has 158 valence electrons. The molecule has 4 rings (SSSR count). The summed E-state index contributed by atoms with van der Waals surface area (Å²) in [5, 5.41) is 12.7. The molecular weight excluding hydrogens is 376 g/mol. The van der Waals surface area contributed by atoms with Crippen LogP contribution in [0.5, 0.6) is 0 Å².